The Morgan fingerprint density at radius 3 is 2.52 bits per heavy atom. The molecule has 0 heterocycles. The number of hydrogen-bond acceptors (Lipinski definition) is 2. The fourth-order valence-electron chi connectivity index (χ4n) is 9.04. The van der Waals surface area contributed by atoms with Crippen LogP contribution in [0.25, 0.3) is 0 Å². The van der Waals surface area contributed by atoms with E-state index in [4.69, 9.17) is 4.74 Å². The van der Waals surface area contributed by atoms with E-state index in [1.165, 1.54) is 51.4 Å². The summed E-state index contributed by atoms with van der Waals surface area (Å²) in [6.07, 6.45) is 12.9. The van der Waals surface area contributed by atoms with Gasteiger partial charge in [0, 0.05) is 9.84 Å². The molecule has 0 bridgehead atoms. The summed E-state index contributed by atoms with van der Waals surface area (Å²) in [6, 6.07) is 0. The average Bonchev–Trinajstić information content (AvgIpc) is 3.51. The van der Waals surface area contributed by atoms with Crippen LogP contribution in [0.1, 0.15) is 91.9 Å². The van der Waals surface area contributed by atoms with Gasteiger partial charge in [-0.15, -0.1) is 0 Å². The zero-order valence-electron chi connectivity index (χ0n) is 19.3. The fraction of sp³-hybridized carbons (Fsp3) is 1.00. The molecule has 0 saturated heterocycles. The maximum Gasteiger partial charge on any atom is 0.0744 e. The molecule has 4 rings (SSSR count). The van der Waals surface area contributed by atoms with Crippen LogP contribution in [0.4, 0.5) is 0 Å². The highest BCUT2D eigenvalue weighted by molar-refractivity contribution is 14.1. The molecule has 0 radical (unpaired) electrons. The van der Waals surface area contributed by atoms with Gasteiger partial charge in [-0.2, -0.15) is 0 Å². The summed E-state index contributed by atoms with van der Waals surface area (Å²) in [5.74, 6) is 6.29. The van der Waals surface area contributed by atoms with E-state index in [-0.39, 0.29) is 11.7 Å². The minimum absolute atomic E-state index is 0.0834. The molecule has 0 spiro atoms. The quantitative estimate of drug-likeness (QED) is 0.268. The van der Waals surface area contributed by atoms with Gasteiger partial charge in [-0.3, -0.25) is 0 Å². The van der Waals surface area contributed by atoms with E-state index in [2.05, 4.69) is 50.3 Å². The molecule has 4 fully saturated rings. The molecule has 3 heteroatoms. The van der Waals surface area contributed by atoms with Crippen LogP contribution < -0.4 is 0 Å². The summed E-state index contributed by atoms with van der Waals surface area (Å²) in [5, 5.41) is 10.2. The lowest BCUT2D eigenvalue weighted by Crippen LogP contribution is -2.57. The van der Waals surface area contributed by atoms with Crippen LogP contribution in [0, 0.1) is 46.8 Å². The summed E-state index contributed by atoms with van der Waals surface area (Å²) in [5.41, 5.74) is 0.544. The zero-order valence-corrected chi connectivity index (χ0v) is 21.5. The first-order chi connectivity index (χ1) is 14.0. The van der Waals surface area contributed by atoms with Gasteiger partial charge in [-0.25, -0.2) is 0 Å². The maximum absolute atomic E-state index is 10.2. The van der Waals surface area contributed by atoms with Crippen LogP contribution in [-0.2, 0) is 4.74 Å². The van der Waals surface area contributed by atoms with Crippen molar-refractivity contribution in [2.75, 3.05) is 11.0 Å². The number of ether oxygens (including phenoxy) is 1. The smallest absolute Gasteiger partial charge is 0.0744 e. The van der Waals surface area contributed by atoms with Gasteiger partial charge in [0.05, 0.1) is 18.3 Å². The van der Waals surface area contributed by atoms with Crippen molar-refractivity contribution in [2.24, 2.45) is 46.8 Å². The monoisotopic (exact) mass is 516 g/mol. The van der Waals surface area contributed by atoms with E-state index in [1.807, 2.05) is 0 Å². The van der Waals surface area contributed by atoms with E-state index >= 15 is 0 Å². The molecule has 10 atom stereocenters. The SMILES string of the molecule is CCC(O)CCC1CCC(CC)C2C1CCC1(CC)C2[C@@H]2C[C@@H]2C1(C)OCCI. The Morgan fingerprint density at radius 2 is 1.86 bits per heavy atom. The molecule has 168 valence electrons. The number of fused-ring (bicyclic) bond motifs is 5. The molecule has 8 unspecified atom stereocenters. The third-order valence-electron chi connectivity index (χ3n) is 10.5. The summed E-state index contributed by atoms with van der Waals surface area (Å²) < 4.78 is 7.90. The number of aliphatic hydroxyl groups is 1. The molecule has 1 N–H and O–H groups in total. The largest absolute Gasteiger partial charge is 0.393 e. The lowest BCUT2D eigenvalue weighted by molar-refractivity contribution is -0.180. The van der Waals surface area contributed by atoms with Gasteiger partial charge in [-0.1, -0.05) is 49.8 Å². The van der Waals surface area contributed by atoms with Crippen molar-refractivity contribution in [1.29, 1.82) is 0 Å². The highest BCUT2D eigenvalue weighted by Crippen LogP contribution is 2.78. The van der Waals surface area contributed by atoms with Crippen molar-refractivity contribution in [1.82, 2.24) is 0 Å². The molecule has 4 aliphatic carbocycles. The fourth-order valence-corrected chi connectivity index (χ4v) is 9.26. The minimum atomic E-state index is -0.0834. The third-order valence-corrected chi connectivity index (χ3v) is 10.9. The lowest BCUT2D eigenvalue weighted by atomic mass is 9.46. The van der Waals surface area contributed by atoms with Crippen molar-refractivity contribution in [3.8, 4) is 0 Å². The topological polar surface area (TPSA) is 29.5 Å². The van der Waals surface area contributed by atoms with Gasteiger partial charge in [0.1, 0.15) is 0 Å². The summed E-state index contributed by atoms with van der Waals surface area (Å²) in [7, 11) is 0. The number of hydrogen-bond donors (Lipinski definition) is 1. The van der Waals surface area contributed by atoms with Gasteiger partial charge in [0.15, 0.2) is 0 Å². The van der Waals surface area contributed by atoms with E-state index in [9.17, 15) is 5.11 Å². The number of aliphatic hydroxyl groups excluding tert-OH is 1. The molecule has 0 aromatic heterocycles. The van der Waals surface area contributed by atoms with E-state index in [0.717, 1.165) is 65.3 Å². The molecule has 4 aliphatic rings. The highest BCUT2D eigenvalue weighted by Gasteiger charge is 2.76. The maximum atomic E-state index is 10.2. The minimum Gasteiger partial charge on any atom is -0.393 e. The van der Waals surface area contributed by atoms with Gasteiger partial charge in [-0.05, 0) is 106 Å². The summed E-state index contributed by atoms with van der Waals surface area (Å²) >= 11 is 2.48. The van der Waals surface area contributed by atoms with Crippen LogP contribution in [0.5, 0.6) is 0 Å². The van der Waals surface area contributed by atoms with Crippen LogP contribution in [0.2, 0.25) is 0 Å². The van der Waals surface area contributed by atoms with Crippen molar-refractivity contribution >= 4 is 22.6 Å². The average molecular weight is 517 g/mol. The first kappa shape index (κ1) is 22.8. The van der Waals surface area contributed by atoms with E-state index < -0.39 is 0 Å². The second-order valence-electron chi connectivity index (χ2n) is 11.1. The Balaban J connectivity index is 1.61. The molecule has 0 aliphatic heterocycles. The Labute approximate surface area is 193 Å². The van der Waals surface area contributed by atoms with Crippen LogP contribution >= 0.6 is 22.6 Å². The van der Waals surface area contributed by atoms with Crippen molar-refractivity contribution < 1.29 is 9.84 Å². The van der Waals surface area contributed by atoms with Crippen molar-refractivity contribution in [3.05, 3.63) is 0 Å². The predicted molar refractivity (Wildman–Crippen MR) is 129 cm³/mol. The first-order valence-corrected chi connectivity index (χ1v) is 14.4. The predicted octanol–water partition coefficient (Wildman–Crippen LogP) is 6.87. The van der Waals surface area contributed by atoms with Crippen LogP contribution in [0.15, 0.2) is 0 Å². The van der Waals surface area contributed by atoms with Crippen molar-refractivity contribution in [3.63, 3.8) is 0 Å². The standard InChI is InChI=1S/C26H45IO2/c1-5-17-8-9-18(10-11-19(28)6-2)20-12-13-26(7-3)24(23(17)20)21-16-22(21)25(26,4)29-15-14-27/h17-24,28H,5-16H2,1-4H3/t17?,18?,19?,20?,21-,22+,23?,24?,25?,26?/m1/s1. The molecule has 29 heavy (non-hydrogen) atoms. The van der Waals surface area contributed by atoms with E-state index in [1.54, 1.807) is 0 Å². The second-order valence-corrected chi connectivity index (χ2v) is 12.2. The number of rotatable bonds is 9. The second kappa shape index (κ2) is 8.89. The molecule has 0 amide bonds. The Kier molecular flexibility index (Phi) is 6.99. The molecular weight excluding hydrogens is 471 g/mol. The number of halogens is 1. The Morgan fingerprint density at radius 1 is 1.10 bits per heavy atom. The van der Waals surface area contributed by atoms with E-state index in [0.29, 0.717) is 5.41 Å². The summed E-state index contributed by atoms with van der Waals surface area (Å²) in [6.45, 7) is 10.5. The van der Waals surface area contributed by atoms with Gasteiger partial charge < -0.3 is 9.84 Å². The Hall–Kier alpha value is 0.650. The molecule has 0 aromatic rings. The Bertz CT molecular complexity index is 567. The van der Waals surface area contributed by atoms with Gasteiger partial charge in [0.2, 0.25) is 0 Å². The lowest BCUT2D eigenvalue weighted by Gasteiger charge is -2.60. The van der Waals surface area contributed by atoms with Gasteiger partial charge in [0.25, 0.3) is 0 Å². The molecule has 0 aromatic carbocycles. The van der Waals surface area contributed by atoms with Crippen LogP contribution in [0.3, 0.4) is 0 Å². The summed E-state index contributed by atoms with van der Waals surface area (Å²) in [4.78, 5) is 0. The highest BCUT2D eigenvalue weighted by atomic mass is 127. The zero-order chi connectivity index (χ0) is 20.8. The van der Waals surface area contributed by atoms with Crippen LogP contribution in [-0.4, -0.2) is 27.8 Å². The molecule has 2 nitrogen and oxygen atoms in total. The van der Waals surface area contributed by atoms with Gasteiger partial charge >= 0.3 is 0 Å². The first-order valence-electron chi connectivity index (χ1n) is 12.8. The number of alkyl halides is 1. The van der Waals surface area contributed by atoms with Crippen molar-refractivity contribution in [2.45, 2.75) is 104 Å². The molecular formula is C26H45IO2. The normalized spacial score (nSPS) is 49.2. The third kappa shape index (κ3) is 3.56. The molecule has 4 saturated carbocycles.